The van der Waals surface area contributed by atoms with Crippen LogP contribution in [0.15, 0.2) is 243 Å². The van der Waals surface area contributed by atoms with E-state index in [-0.39, 0.29) is 6.04 Å². The molecule has 1 unspecified atom stereocenters. The number of aliphatic imine (C=N–C) groups is 1. The van der Waals surface area contributed by atoms with Gasteiger partial charge in [-0.2, -0.15) is 0 Å². The van der Waals surface area contributed by atoms with Crippen LogP contribution in [-0.2, 0) is 12.8 Å². The molecule has 2 nitrogen and oxygen atoms in total. The van der Waals surface area contributed by atoms with Crippen molar-refractivity contribution in [3.63, 3.8) is 0 Å². The predicted molar refractivity (Wildman–Crippen MR) is 288 cm³/mol. The van der Waals surface area contributed by atoms with E-state index >= 15 is 0 Å². The van der Waals surface area contributed by atoms with Gasteiger partial charge in [0.05, 0.1) is 12.6 Å². The molecule has 66 heavy (non-hydrogen) atoms. The maximum absolute atomic E-state index is 5.06. The summed E-state index contributed by atoms with van der Waals surface area (Å²) in [5.41, 5.74) is 7.58. The summed E-state index contributed by atoms with van der Waals surface area (Å²) in [6.07, 6.45) is 38.4. The Bertz CT molecular complexity index is 3690. The van der Waals surface area contributed by atoms with Crippen molar-refractivity contribution >= 4 is 86.8 Å². The van der Waals surface area contributed by atoms with E-state index in [1.54, 1.807) is 0 Å². The smallest absolute Gasteiger partial charge is 0.136 e. The zero-order valence-corrected chi connectivity index (χ0v) is 37.1. The van der Waals surface area contributed by atoms with Gasteiger partial charge >= 0.3 is 0 Å². The number of fused-ring (bicyclic) bond motifs is 8. The van der Waals surface area contributed by atoms with E-state index in [4.69, 9.17) is 4.99 Å². The van der Waals surface area contributed by atoms with Crippen molar-refractivity contribution < 1.29 is 0 Å². The van der Waals surface area contributed by atoms with Gasteiger partial charge in [0.15, 0.2) is 0 Å². The summed E-state index contributed by atoms with van der Waals surface area (Å²) >= 11 is 0. The Balaban J connectivity index is 1.12. The maximum atomic E-state index is 5.06. The topological polar surface area (TPSA) is 15.6 Å². The fourth-order valence-corrected chi connectivity index (χ4v) is 10.9. The lowest BCUT2D eigenvalue weighted by Crippen LogP contribution is -2.36. The highest BCUT2D eigenvalue weighted by atomic mass is 15.3. The van der Waals surface area contributed by atoms with E-state index in [1.807, 2.05) is 36.5 Å². The van der Waals surface area contributed by atoms with Crippen molar-refractivity contribution in [2.75, 3.05) is 6.54 Å². The number of hydrogen-bond donors (Lipinski definition) is 0. The molecule has 0 fully saturated rings. The Morgan fingerprint density at radius 3 is 1.85 bits per heavy atom. The van der Waals surface area contributed by atoms with Gasteiger partial charge in [-0.25, -0.2) is 0 Å². The molecule has 0 aromatic heterocycles. The summed E-state index contributed by atoms with van der Waals surface area (Å²) in [7, 11) is 0. The molecule has 2 aliphatic rings. The van der Waals surface area contributed by atoms with Crippen LogP contribution < -0.4 is 0 Å². The monoisotopic (exact) mass is 846 g/mol. The lowest BCUT2D eigenvalue weighted by Gasteiger charge is -2.31. The molecule has 1 aliphatic carbocycles. The van der Waals surface area contributed by atoms with Gasteiger partial charge in [0, 0.05) is 11.3 Å². The average Bonchev–Trinajstić information content (AvgIpc) is 4.04. The Kier molecular flexibility index (Phi) is 10.8. The molecule has 0 saturated carbocycles. The average molecular weight is 847 g/mol. The van der Waals surface area contributed by atoms with E-state index < -0.39 is 0 Å². The van der Waals surface area contributed by atoms with Crippen LogP contribution in [0, 0.1) is 0 Å². The minimum Gasteiger partial charge on any atom is -0.321 e. The molecule has 1 aliphatic heterocycles. The molecule has 0 bridgehead atoms. The van der Waals surface area contributed by atoms with Crippen molar-refractivity contribution in [3.05, 3.63) is 260 Å². The molecule has 9 aromatic carbocycles. The van der Waals surface area contributed by atoms with Gasteiger partial charge in [-0.05, 0) is 129 Å². The Morgan fingerprint density at radius 2 is 1.12 bits per heavy atom. The summed E-state index contributed by atoms with van der Waals surface area (Å²) in [5.74, 6) is 1.02. The SMILES string of the molecule is C=C/C=C\C=C/Cc1c2cc3c4ccccc4c4cccc(c2c(C/C=C\C=C/C=C)c2c5cccc6c(C7=CCC(N8C(c9ccccc9)=NC/C8=C\C=C/C=C)C=C7)ccc(c12)c65)c43. The van der Waals surface area contributed by atoms with Gasteiger partial charge in [0.25, 0.3) is 0 Å². The predicted octanol–water partition coefficient (Wildman–Crippen LogP) is 16.4. The molecule has 0 amide bonds. The van der Waals surface area contributed by atoms with Crippen molar-refractivity contribution in [3.8, 4) is 0 Å². The summed E-state index contributed by atoms with van der Waals surface area (Å²) in [6.45, 7) is 12.3. The maximum Gasteiger partial charge on any atom is 0.136 e. The Hall–Kier alpha value is -8.07. The minimum absolute atomic E-state index is 0.139. The van der Waals surface area contributed by atoms with Crippen LogP contribution in [0.1, 0.15) is 28.7 Å². The highest BCUT2D eigenvalue weighted by Gasteiger charge is 2.30. The first-order valence-corrected chi connectivity index (χ1v) is 23.1. The molecular weight excluding hydrogens is 797 g/mol. The molecule has 0 saturated heterocycles. The molecule has 0 radical (unpaired) electrons. The molecule has 9 aromatic rings. The van der Waals surface area contributed by atoms with Crippen LogP contribution in [0.4, 0.5) is 0 Å². The number of benzene rings is 7. The van der Waals surface area contributed by atoms with Crippen LogP contribution in [0.3, 0.4) is 0 Å². The van der Waals surface area contributed by atoms with E-state index in [0.29, 0.717) is 6.54 Å². The third-order valence-corrected chi connectivity index (χ3v) is 13.6. The van der Waals surface area contributed by atoms with Gasteiger partial charge in [0.2, 0.25) is 0 Å². The van der Waals surface area contributed by atoms with Crippen molar-refractivity contribution in [1.29, 1.82) is 0 Å². The van der Waals surface area contributed by atoms with Gasteiger partial charge in [-0.1, -0.05) is 220 Å². The quantitative estimate of drug-likeness (QED) is 0.0834. The van der Waals surface area contributed by atoms with Crippen molar-refractivity contribution in [2.45, 2.75) is 25.3 Å². The molecule has 1 atom stereocenters. The summed E-state index contributed by atoms with van der Waals surface area (Å²) in [5, 5.41) is 18.6. The van der Waals surface area contributed by atoms with Crippen molar-refractivity contribution in [1.82, 2.24) is 4.90 Å². The van der Waals surface area contributed by atoms with Gasteiger partial charge in [0.1, 0.15) is 5.84 Å². The fourth-order valence-electron chi connectivity index (χ4n) is 10.9. The molecule has 1 heterocycles. The third kappa shape index (κ3) is 6.77. The standard InChI is InChI=1S/C64H50N2/c1-4-7-10-12-18-29-52-58-41-57-49-28-21-20-27-48(49)51-32-23-33-53(60(51)57)61(58)54(30-19-13-11-8-5-2)63-55-34-22-31-50-47(39-40-56(59(50)55)62(52)63)43-35-37-45(38-36-43)66-46(26-15-9-6-3)42-65-64(66)44-24-16-14-17-25-44/h4-28,31-37,39-41,45H,1-3,29-30,38,42H2/b10-7-,11-8-,15-9-,18-12-,19-13-,46-26+. The molecule has 316 valence electrons. The van der Waals surface area contributed by atoms with E-state index in [0.717, 1.165) is 30.7 Å². The van der Waals surface area contributed by atoms with Gasteiger partial charge < -0.3 is 4.90 Å². The second kappa shape index (κ2) is 17.5. The third-order valence-electron chi connectivity index (χ3n) is 13.6. The van der Waals surface area contributed by atoms with Crippen molar-refractivity contribution in [2.24, 2.45) is 4.99 Å². The molecular formula is C64H50N2. The number of amidine groups is 1. The lowest BCUT2D eigenvalue weighted by atomic mass is 9.86. The summed E-state index contributed by atoms with van der Waals surface area (Å²) in [4.78, 5) is 7.48. The van der Waals surface area contributed by atoms with Crippen LogP contribution in [-0.4, -0.2) is 23.3 Å². The highest BCUT2D eigenvalue weighted by Crippen LogP contribution is 2.51. The molecule has 2 heteroatoms. The molecule has 0 spiro atoms. The number of nitrogens with zero attached hydrogens (tertiary/aromatic N) is 2. The fraction of sp³-hybridized carbons (Fsp3) is 0.0781. The van der Waals surface area contributed by atoms with Crippen LogP contribution >= 0.6 is 0 Å². The minimum atomic E-state index is 0.139. The van der Waals surface area contributed by atoms with Gasteiger partial charge in [-0.3, -0.25) is 4.99 Å². The van der Waals surface area contributed by atoms with Crippen LogP contribution in [0.2, 0.25) is 0 Å². The zero-order valence-electron chi connectivity index (χ0n) is 37.1. The van der Waals surface area contributed by atoms with E-state index in [9.17, 15) is 0 Å². The number of hydrogen-bond acceptors (Lipinski definition) is 2. The highest BCUT2D eigenvalue weighted by molar-refractivity contribution is 6.40. The Labute approximate surface area is 386 Å². The molecule has 11 rings (SSSR count). The summed E-state index contributed by atoms with van der Waals surface area (Å²) < 4.78 is 0. The number of rotatable bonds is 13. The normalized spacial score (nSPS) is 16.6. The lowest BCUT2D eigenvalue weighted by molar-refractivity contribution is 0.448. The van der Waals surface area contributed by atoms with E-state index in [2.05, 4.69) is 201 Å². The second-order valence-corrected chi connectivity index (χ2v) is 17.2. The van der Waals surface area contributed by atoms with Crippen LogP contribution in [0.5, 0.6) is 0 Å². The second-order valence-electron chi connectivity index (χ2n) is 17.2. The Morgan fingerprint density at radius 1 is 0.515 bits per heavy atom. The van der Waals surface area contributed by atoms with Gasteiger partial charge in [-0.15, -0.1) is 0 Å². The number of allylic oxidation sites excluding steroid dienone is 16. The van der Waals surface area contributed by atoms with Crippen LogP contribution in [0.25, 0.3) is 81.0 Å². The zero-order chi connectivity index (χ0) is 44.6. The largest absolute Gasteiger partial charge is 0.321 e. The molecule has 0 N–H and O–H groups in total. The first-order chi connectivity index (χ1) is 32.7. The first-order valence-electron chi connectivity index (χ1n) is 23.1. The van der Waals surface area contributed by atoms with E-state index in [1.165, 1.54) is 103 Å². The summed E-state index contributed by atoms with van der Waals surface area (Å²) in [6, 6.07) is 40.9. The first kappa shape index (κ1) is 40.7.